The van der Waals surface area contributed by atoms with Crippen LogP contribution in [0.5, 0.6) is 5.75 Å². The van der Waals surface area contributed by atoms with Gasteiger partial charge in [-0.3, -0.25) is 4.79 Å². The molecule has 0 aromatic heterocycles. The van der Waals surface area contributed by atoms with Crippen LogP contribution in [0.4, 0.5) is 5.69 Å². The van der Waals surface area contributed by atoms with Crippen molar-refractivity contribution in [2.24, 2.45) is 0 Å². The lowest BCUT2D eigenvalue weighted by Crippen LogP contribution is -2.23. The van der Waals surface area contributed by atoms with E-state index in [1.807, 2.05) is 30.3 Å². The van der Waals surface area contributed by atoms with Crippen molar-refractivity contribution in [3.05, 3.63) is 72.3 Å². The fraction of sp³-hybridized carbons (Fsp3) is 0.167. The zero-order valence-electron chi connectivity index (χ0n) is 12.4. The zero-order valence-corrected chi connectivity index (χ0v) is 12.4. The summed E-state index contributed by atoms with van der Waals surface area (Å²) in [6.45, 7) is 4.50. The van der Waals surface area contributed by atoms with Crippen LogP contribution in [0.15, 0.2) is 61.2 Å². The Labute approximate surface area is 130 Å². The first kappa shape index (κ1) is 15.6. The van der Waals surface area contributed by atoms with Crippen LogP contribution in [0, 0.1) is 0 Å². The Morgan fingerprint density at radius 1 is 1.23 bits per heavy atom. The minimum Gasteiger partial charge on any atom is -0.491 e. The predicted octanol–water partition coefficient (Wildman–Crippen LogP) is 2.81. The Bertz CT molecular complexity index is 639. The molecule has 2 aromatic carbocycles. The Morgan fingerprint density at radius 2 is 2.00 bits per heavy atom. The number of carbonyl (C=O) groups is 1. The lowest BCUT2D eigenvalue weighted by molar-refractivity contribution is 0.0957. The van der Waals surface area contributed by atoms with E-state index in [-0.39, 0.29) is 5.91 Å². The second-order valence-electron chi connectivity index (χ2n) is 4.84. The second-order valence-corrected chi connectivity index (χ2v) is 4.84. The van der Waals surface area contributed by atoms with Gasteiger partial charge in [0, 0.05) is 18.5 Å². The molecule has 114 valence electrons. The van der Waals surface area contributed by atoms with E-state index in [1.165, 1.54) is 5.56 Å². The number of anilines is 1. The Kier molecular flexibility index (Phi) is 5.60. The maximum absolute atomic E-state index is 11.9. The molecule has 0 aliphatic carbocycles. The smallest absolute Gasteiger partial charge is 0.251 e. The predicted molar refractivity (Wildman–Crippen MR) is 89.0 cm³/mol. The summed E-state index contributed by atoms with van der Waals surface area (Å²) < 4.78 is 5.71. The van der Waals surface area contributed by atoms with Crippen LogP contribution in [0.1, 0.15) is 15.9 Å². The molecule has 4 heteroatoms. The molecule has 0 radical (unpaired) electrons. The standard InChI is InChI=1S/C18H20N2O2/c1-2-11-20-18(21)15-8-9-16(19)17(13-15)22-12-10-14-6-4-3-5-7-14/h2-9,13H,1,10-12,19H2,(H,20,21). The third-order valence-corrected chi connectivity index (χ3v) is 3.17. The highest BCUT2D eigenvalue weighted by atomic mass is 16.5. The molecule has 0 saturated carbocycles. The van der Waals surface area contributed by atoms with Crippen LogP contribution in [-0.4, -0.2) is 19.1 Å². The first-order valence-electron chi connectivity index (χ1n) is 7.16. The summed E-state index contributed by atoms with van der Waals surface area (Å²) in [5, 5.41) is 2.72. The molecule has 0 atom stereocenters. The van der Waals surface area contributed by atoms with Gasteiger partial charge in [0.15, 0.2) is 0 Å². The van der Waals surface area contributed by atoms with Gasteiger partial charge in [-0.2, -0.15) is 0 Å². The van der Waals surface area contributed by atoms with Crippen LogP contribution < -0.4 is 15.8 Å². The number of benzene rings is 2. The molecular formula is C18H20N2O2. The van der Waals surface area contributed by atoms with Crippen molar-refractivity contribution in [1.82, 2.24) is 5.32 Å². The van der Waals surface area contributed by atoms with E-state index in [9.17, 15) is 4.79 Å². The van der Waals surface area contributed by atoms with Crippen molar-refractivity contribution >= 4 is 11.6 Å². The highest BCUT2D eigenvalue weighted by Gasteiger charge is 2.08. The molecule has 0 aliphatic heterocycles. The molecule has 22 heavy (non-hydrogen) atoms. The summed E-state index contributed by atoms with van der Waals surface area (Å²) in [7, 11) is 0. The topological polar surface area (TPSA) is 64.4 Å². The number of nitrogens with two attached hydrogens (primary N) is 1. The van der Waals surface area contributed by atoms with E-state index >= 15 is 0 Å². The van der Waals surface area contributed by atoms with E-state index in [0.29, 0.717) is 30.2 Å². The van der Waals surface area contributed by atoms with E-state index in [4.69, 9.17) is 10.5 Å². The van der Waals surface area contributed by atoms with Crippen molar-refractivity contribution in [2.45, 2.75) is 6.42 Å². The monoisotopic (exact) mass is 296 g/mol. The van der Waals surface area contributed by atoms with Gasteiger partial charge in [-0.25, -0.2) is 0 Å². The van der Waals surface area contributed by atoms with Crippen LogP contribution in [0.2, 0.25) is 0 Å². The van der Waals surface area contributed by atoms with Crippen LogP contribution in [-0.2, 0) is 6.42 Å². The van der Waals surface area contributed by atoms with Gasteiger partial charge in [0.2, 0.25) is 0 Å². The molecule has 1 amide bonds. The Morgan fingerprint density at radius 3 is 2.73 bits per heavy atom. The molecule has 0 bridgehead atoms. The van der Waals surface area contributed by atoms with Crippen LogP contribution >= 0.6 is 0 Å². The molecule has 0 aliphatic rings. The van der Waals surface area contributed by atoms with E-state index < -0.39 is 0 Å². The van der Waals surface area contributed by atoms with E-state index in [0.717, 1.165) is 6.42 Å². The van der Waals surface area contributed by atoms with Gasteiger partial charge < -0.3 is 15.8 Å². The summed E-state index contributed by atoms with van der Waals surface area (Å²) in [4.78, 5) is 11.9. The fourth-order valence-electron chi connectivity index (χ4n) is 1.99. The molecule has 2 aromatic rings. The summed E-state index contributed by atoms with van der Waals surface area (Å²) in [5.74, 6) is 0.356. The molecular weight excluding hydrogens is 276 g/mol. The maximum Gasteiger partial charge on any atom is 0.251 e. The number of rotatable bonds is 7. The Balaban J connectivity index is 1.97. The second kappa shape index (κ2) is 7.88. The number of nitrogen functional groups attached to an aromatic ring is 1. The maximum atomic E-state index is 11.9. The van der Waals surface area contributed by atoms with Crippen molar-refractivity contribution < 1.29 is 9.53 Å². The van der Waals surface area contributed by atoms with Crippen molar-refractivity contribution in [3.63, 3.8) is 0 Å². The van der Waals surface area contributed by atoms with Crippen molar-refractivity contribution in [1.29, 1.82) is 0 Å². The van der Waals surface area contributed by atoms with Crippen molar-refractivity contribution in [2.75, 3.05) is 18.9 Å². The van der Waals surface area contributed by atoms with E-state index in [2.05, 4.69) is 11.9 Å². The first-order valence-corrected chi connectivity index (χ1v) is 7.16. The number of nitrogens with one attached hydrogen (secondary N) is 1. The number of hydrogen-bond acceptors (Lipinski definition) is 3. The summed E-state index contributed by atoms with van der Waals surface area (Å²) in [6, 6.07) is 15.1. The molecule has 0 fully saturated rings. The molecule has 0 heterocycles. The summed E-state index contributed by atoms with van der Waals surface area (Å²) >= 11 is 0. The number of ether oxygens (including phenoxy) is 1. The summed E-state index contributed by atoms with van der Waals surface area (Å²) in [5.41, 5.74) is 8.13. The highest BCUT2D eigenvalue weighted by molar-refractivity contribution is 5.95. The molecule has 2 rings (SSSR count). The zero-order chi connectivity index (χ0) is 15.8. The van der Waals surface area contributed by atoms with Gasteiger partial charge in [-0.05, 0) is 23.8 Å². The first-order chi connectivity index (χ1) is 10.7. The van der Waals surface area contributed by atoms with Crippen LogP contribution in [0.3, 0.4) is 0 Å². The average molecular weight is 296 g/mol. The van der Waals surface area contributed by atoms with Gasteiger partial charge in [0.1, 0.15) is 5.75 Å². The van der Waals surface area contributed by atoms with Gasteiger partial charge in [-0.15, -0.1) is 6.58 Å². The largest absolute Gasteiger partial charge is 0.491 e. The van der Waals surface area contributed by atoms with Gasteiger partial charge in [0.25, 0.3) is 5.91 Å². The van der Waals surface area contributed by atoms with Crippen molar-refractivity contribution in [3.8, 4) is 5.75 Å². The molecule has 4 nitrogen and oxygen atoms in total. The highest BCUT2D eigenvalue weighted by Crippen LogP contribution is 2.23. The molecule has 3 N–H and O–H groups in total. The quantitative estimate of drug-likeness (QED) is 0.610. The molecule has 0 saturated heterocycles. The Hall–Kier alpha value is -2.75. The fourth-order valence-corrected chi connectivity index (χ4v) is 1.99. The lowest BCUT2D eigenvalue weighted by atomic mass is 10.1. The average Bonchev–Trinajstić information content (AvgIpc) is 2.55. The third kappa shape index (κ3) is 4.38. The minimum atomic E-state index is -0.173. The molecule has 0 unspecified atom stereocenters. The van der Waals surface area contributed by atoms with E-state index in [1.54, 1.807) is 24.3 Å². The number of amides is 1. The normalized spacial score (nSPS) is 10.0. The minimum absolute atomic E-state index is 0.173. The lowest BCUT2D eigenvalue weighted by Gasteiger charge is -2.11. The third-order valence-electron chi connectivity index (χ3n) is 3.17. The summed E-state index contributed by atoms with van der Waals surface area (Å²) in [6.07, 6.45) is 2.42. The number of carbonyl (C=O) groups excluding carboxylic acids is 1. The van der Waals surface area contributed by atoms with Crippen LogP contribution in [0.25, 0.3) is 0 Å². The number of hydrogen-bond donors (Lipinski definition) is 2. The van der Waals surface area contributed by atoms with Gasteiger partial charge in [-0.1, -0.05) is 36.4 Å². The van der Waals surface area contributed by atoms with Gasteiger partial charge in [0.05, 0.1) is 12.3 Å². The SMILES string of the molecule is C=CCNC(=O)c1ccc(N)c(OCCc2ccccc2)c1. The molecule has 0 spiro atoms. The van der Waals surface area contributed by atoms with Gasteiger partial charge >= 0.3 is 0 Å².